The lowest BCUT2D eigenvalue weighted by atomic mass is 10.2. The lowest BCUT2D eigenvalue weighted by Crippen LogP contribution is -2.17. The number of hydrazone groups is 1. The molecule has 0 atom stereocenters. The zero-order valence-electron chi connectivity index (χ0n) is 10.8. The number of hydrogen-bond acceptors (Lipinski definition) is 3. The maximum absolute atomic E-state index is 13.0. The third-order valence-corrected chi connectivity index (χ3v) is 2.58. The molecular weight excluding hydrogens is 259 g/mol. The molecule has 0 radical (unpaired) electrons. The summed E-state index contributed by atoms with van der Waals surface area (Å²) in [5.41, 5.74) is 3.37. The maximum Gasteiger partial charge on any atom is 0.271 e. The van der Waals surface area contributed by atoms with E-state index >= 15 is 0 Å². The summed E-state index contributed by atoms with van der Waals surface area (Å²) in [5.74, 6) is -0.183. The van der Waals surface area contributed by atoms with E-state index < -0.39 is 11.7 Å². The van der Waals surface area contributed by atoms with Gasteiger partial charge in [0.05, 0.1) is 13.3 Å². The fraction of sp³-hybridized carbons (Fsp3) is 0.0667. The van der Waals surface area contributed by atoms with E-state index in [9.17, 15) is 9.18 Å². The molecule has 102 valence electrons. The molecule has 0 bridgehead atoms. The summed E-state index contributed by atoms with van der Waals surface area (Å²) in [4.78, 5) is 11.7. The van der Waals surface area contributed by atoms with Crippen LogP contribution in [-0.2, 0) is 0 Å². The van der Waals surface area contributed by atoms with Crippen molar-refractivity contribution in [2.24, 2.45) is 5.10 Å². The normalized spacial score (nSPS) is 10.5. The molecule has 2 aromatic rings. The van der Waals surface area contributed by atoms with Crippen molar-refractivity contribution in [2.75, 3.05) is 7.11 Å². The van der Waals surface area contributed by atoms with Gasteiger partial charge in [-0.25, -0.2) is 9.82 Å². The summed E-state index contributed by atoms with van der Waals surface area (Å²) >= 11 is 0. The average molecular weight is 272 g/mol. The van der Waals surface area contributed by atoms with Crippen molar-refractivity contribution in [1.82, 2.24) is 5.43 Å². The first-order chi connectivity index (χ1) is 9.69. The third-order valence-electron chi connectivity index (χ3n) is 2.58. The second-order valence-corrected chi connectivity index (χ2v) is 3.98. The first-order valence-electron chi connectivity index (χ1n) is 5.92. The number of carbonyl (C=O) groups excluding carboxylic acids is 1. The van der Waals surface area contributed by atoms with Crippen molar-refractivity contribution >= 4 is 12.1 Å². The molecule has 0 saturated heterocycles. The van der Waals surface area contributed by atoms with E-state index in [0.717, 1.165) is 17.4 Å². The van der Waals surface area contributed by atoms with Crippen LogP contribution in [0.5, 0.6) is 5.75 Å². The van der Waals surface area contributed by atoms with Gasteiger partial charge in [0, 0.05) is 5.56 Å². The van der Waals surface area contributed by atoms with E-state index in [2.05, 4.69) is 10.5 Å². The van der Waals surface area contributed by atoms with E-state index in [-0.39, 0.29) is 5.56 Å². The Morgan fingerprint density at radius 1 is 1.25 bits per heavy atom. The van der Waals surface area contributed by atoms with Crippen molar-refractivity contribution in [3.63, 3.8) is 0 Å². The van der Waals surface area contributed by atoms with Gasteiger partial charge in [-0.3, -0.25) is 4.79 Å². The summed E-state index contributed by atoms with van der Waals surface area (Å²) in [6.45, 7) is 0. The molecule has 2 aromatic carbocycles. The van der Waals surface area contributed by atoms with Crippen LogP contribution in [0.1, 0.15) is 15.9 Å². The van der Waals surface area contributed by atoms with Crippen LogP contribution in [0.25, 0.3) is 0 Å². The highest BCUT2D eigenvalue weighted by molar-refractivity contribution is 5.94. The molecule has 5 heteroatoms. The standard InChI is InChI=1S/C15H13FN2O2/c1-20-14-7-5-11(6-8-14)10-17-18-15(19)12-3-2-4-13(16)9-12/h2-10H,1H3,(H,18,19). The minimum Gasteiger partial charge on any atom is -0.497 e. The number of ether oxygens (including phenoxy) is 1. The predicted octanol–water partition coefficient (Wildman–Crippen LogP) is 2.60. The van der Waals surface area contributed by atoms with E-state index in [1.807, 2.05) is 0 Å². The summed E-state index contributed by atoms with van der Waals surface area (Å²) < 4.78 is 18.0. The lowest BCUT2D eigenvalue weighted by molar-refractivity contribution is 0.0954. The van der Waals surface area contributed by atoms with Gasteiger partial charge < -0.3 is 4.74 Å². The smallest absolute Gasteiger partial charge is 0.271 e. The van der Waals surface area contributed by atoms with Crippen LogP contribution in [-0.4, -0.2) is 19.2 Å². The predicted molar refractivity (Wildman–Crippen MR) is 74.5 cm³/mol. The van der Waals surface area contributed by atoms with Gasteiger partial charge in [-0.15, -0.1) is 0 Å². The number of nitrogens with zero attached hydrogens (tertiary/aromatic N) is 1. The van der Waals surface area contributed by atoms with Crippen molar-refractivity contribution < 1.29 is 13.9 Å². The molecule has 2 rings (SSSR count). The Kier molecular flexibility index (Phi) is 4.44. The molecule has 20 heavy (non-hydrogen) atoms. The third kappa shape index (κ3) is 3.65. The summed E-state index contributed by atoms with van der Waals surface area (Å²) in [6, 6.07) is 12.6. The Labute approximate surface area is 115 Å². The van der Waals surface area contributed by atoms with Crippen LogP contribution in [0.4, 0.5) is 4.39 Å². The van der Waals surface area contributed by atoms with E-state index in [4.69, 9.17) is 4.74 Å². The highest BCUT2D eigenvalue weighted by Crippen LogP contribution is 2.09. The number of benzene rings is 2. The zero-order chi connectivity index (χ0) is 14.4. The Bertz CT molecular complexity index is 624. The van der Waals surface area contributed by atoms with Crippen molar-refractivity contribution in [3.8, 4) is 5.75 Å². The highest BCUT2D eigenvalue weighted by atomic mass is 19.1. The van der Waals surface area contributed by atoms with Gasteiger partial charge >= 0.3 is 0 Å². The van der Waals surface area contributed by atoms with Crippen LogP contribution in [0.2, 0.25) is 0 Å². The van der Waals surface area contributed by atoms with Crippen molar-refractivity contribution in [3.05, 3.63) is 65.5 Å². The monoisotopic (exact) mass is 272 g/mol. The van der Waals surface area contributed by atoms with Crippen LogP contribution in [0, 0.1) is 5.82 Å². The average Bonchev–Trinajstić information content (AvgIpc) is 2.48. The van der Waals surface area contributed by atoms with Crippen LogP contribution in [0.3, 0.4) is 0 Å². The van der Waals surface area contributed by atoms with Gasteiger partial charge in [0.25, 0.3) is 5.91 Å². The Balaban J connectivity index is 1.97. The summed E-state index contributed by atoms with van der Waals surface area (Å²) in [7, 11) is 1.59. The first-order valence-corrected chi connectivity index (χ1v) is 5.92. The Morgan fingerprint density at radius 2 is 2.00 bits per heavy atom. The number of methoxy groups -OCH3 is 1. The second-order valence-electron chi connectivity index (χ2n) is 3.98. The lowest BCUT2D eigenvalue weighted by Gasteiger charge is -2.00. The number of carbonyl (C=O) groups is 1. The number of amides is 1. The Hall–Kier alpha value is -2.69. The second kappa shape index (κ2) is 6.47. The van der Waals surface area contributed by atoms with Crippen LogP contribution < -0.4 is 10.2 Å². The topological polar surface area (TPSA) is 50.7 Å². The highest BCUT2D eigenvalue weighted by Gasteiger charge is 2.04. The largest absolute Gasteiger partial charge is 0.497 e. The molecular formula is C15H13FN2O2. The zero-order valence-corrected chi connectivity index (χ0v) is 10.8. The molecule has 0 aliphatic carbocycles. The molecule has 0 aromatic heterocycles. The fourth-order valence-corrected chi connectivity index (χ4v) is 1.55. The van der Waals surface area contributed by atoms with Gasteiger partial charge in [-0.2, -0.15) is 5.10 Å². The molecule has 0 aliphatic rings. The van der Waals surface area contributed by atoms with Crippen molar-refractivity contribution in [2.45, 2.75) is 0 Å². The van der Waals surface area contributed by atoms with Gasteiger partial charge in [0.1, 0.15) is 11.6 Å². The van der Waals surface area contributed by atoms with Gasteiger partial charge in [-0.05, 0) is 48.0 Å². The van der Waals surface area contributed by atoms with E-state index in [1.165, 1.54) is 24.4 Å². The molecule has 1 amide bonds. The number of nitrogens with one attached hydrogen (secondary N) is 1. The number of rotatable bonds is 4. The molecule has 0 unspecified atom stereocenters. The number of hydrogen-bond donors (Lipinski definition) is 1. The summed E-state index contributed by atoms with van der Waals surface area (Å²) in [6.07, 6.45) is 1.50. The fourth-order valence-electron chi connectivity index (χ4n) is 1.55. The molecule has 1 N–H and O–H groups in total. The minimum atomic E-state index is -0.464. The van der Waals surface area contributed by atoms with Gasteiger partial charge in [-0.1, -0.05) is 6.07 Å². The summed E-state index contributed by atoms with van der Waals surface area (Å²) in [5, 5.41) is 3.82. The number of halogens is 1. The van der Waals surface area contributed by atoms with Crippen molar-refractivity contribution in [1.29, 1.82) is 0 Å². The van der Waals surface area contributed by atoms with E-state index in [0.29, 0.717) is 0 Å². The molecule has 4 nitrogen and oxygen atoms in total. The molecule has 0 saturated carbocycles. The maximum atomic E-state index is 13.0. The quantitative estimate of drug-likeness (QED) is 0.687. The molecule has 0 heterocycles. The van der Waals surface area contributed by atoms with Gasteiger partial charge in [0.2, 0.25) is 0 Å². The Morgan fingerprint density at radius 3 is 2.65 bits per heavy atom. The SMILES string of the molecule is COc1ccc(C=NNC(=O)c2cccc(F)c2)cc1. The molecule has 0 spiro atoms. The van der Waals surface area contributed by atoms with Gasteiger partial charge in [0.15, 0.2) is 0 Å². The molecule has 0 aliphatic heterocycles. The van der Waals surface area contributed by atoms with Crippen LogP contribution >= 0.6 is 0 Å². The first kappa shape index (κ1) is 13.7. The molecule has 0 fully saturated rings. The minimum absolute atomic E-state index is 0.219. The van der Waals surface area contributed by atoms with E-state index in [1.54, 1.807) is 31.4 Å². The van der Waals surface area contributed by atoms with Crippen LogP contribution in [0.15, 0.2) is 53.6 Å².